The molecule has 0 spiro atoms. The molecule has 0 atom stereocenters. The number of aryl methyl sites for hydroxylation is 2. The van der Waals surface area contributed by atoms with E-state index in [1.54, 1.807) is 30.1 Å². The Bertz CT molecular complexity index is 691. The van der Waals surface area contributed by atoms with Crippen LogP contribution in [0.3, 0.4) is 0 Å². The molecule has 0 unspecified atom stereocenters. The lowest BCUT2D eigenvalue weighted by Gasteiger charge is -2.29. The molecule has 3 nitrogen and oxygen atoms in total. The van der Waals surface area contributed by atoms with Crippen LogP contribution < -0.4 is 4.90 Å². The summed E-state index contributed by atoms with van der Waals surface area (Å²) in [6.07, 6.45) is 6.81. The standard InChI is InChI=1S/C15H17F2N3.C6H14/c1-19-6-3-4-10-8-11(13-5-7-20(2)18-13)12(15(16)17)9-14(10)19;1-3-5-6-4-2/h5,7-9,15H,3-4,6H2,1-2H3;3-6H2,1-2H3. The molecule has 2 aromatic rings. The Hall–Kier alpha value is -1.91. The lowest BCUT2D eigenvalue weighted by Crippen LogP contribution is -2.25. The third kappa shape index (κ3) is 5.05. The fourth-order valence-electron chi connectivity index (χ4n) is 3.29. The Kier molecular flexibility index (Phi) is 7.61. The van der Waals surface area contributed by atoms with E-state index in [-0.39, 0.29) is 5.56 Å². The maximum absolute atomic E-state index is 13.4. The molecule has 1 aliphatic rings. The average molecular weight is 363 g/mol. The zero-order valence-corrected chi connectivity index (χ0v) is 16.4. The van der Waals surface area contributed by atoms with Crippen LogP contribution in [-0.2, 0) is 13.5 Å². The first-order chi connectivity index (χ1) is 12.5. The van der Waals surface area contributed by atoms with E-state index in [1.165, 1.54) is 25.7 Å². The minimum absolute atomic E-state index is 0.0659. The summed E-state index contributed by atoms with van der Waals surface area (Å²) in [4.78, 5) is 2.05. The molecule has 0 saturated heterocycles. The monoisotopic (exact) mass is 363 g/mol. The number of rotatable bonds is 5. The number of fused-ring (bicyclic) bond motifs is 1. The quantitative estimate of drug-likeness (QED) is 0.608. The van der Waals surface area contributed by atoms with Gasteiger partial charge in [-0.15, -0.1) is 0 Å². The molecule has 2 heterocycles. The molecular weight excluding hydrogens is 332 g/mol. The van der Waals surface area contributed by atoms with Gasteiger partial charge in [-0.25, -0.2) is 8.78 Å². The molecule has 0 bridgehead atoms. The smallest absolute Gasteiger partial charge is 0.264 e. The van der Waals surface area contributed by atoms with E-state index in [2.05, 4.69) is 18.9 Å². The summed E-state index contributed by atoms with van der Waals surface area (Å²) < 4.78 is 28.4. The van der Waals surface area contributed by atoms with Gasteiger partial charge in [0.25, 0.3) is 6.43 Å². The first-order valence-corrected chi connectivity index (χ1v) is 9.64. The maximum atomic E-state index is 13.4. The lowest BCUT2D eigenvalue weighted by molar-refractivity contribution is 0.152. The summed E-state index contributed by atoms with van der Waals surface area (Å²) >= 11 is 0. The molecule has 0 radical (unpaired) electrons. The van der Waals surface area contributed by atoms with E-state index in [0.29, 0.717) is 11.3 Å². The number of anilines is 1. The van der Waals surface area contributed by atoms with Gasteiger partial charge >= 0.3 is 0 Å². The van der Waals surface area contributed by atoms with Crippen molar-refractivity contribution in [2.24, 2.45) is 7.05 Å². The summed E-state index contributed by atoms with van der Waals surface area (Å²) in [5, 5.41) is 4.26. The van der Waals surface area contributed by atoms with Crippen LogP contribution in [0.25, 0.3) is 11.3 Å². The summed E-state index contributed by atoms with van der Waals surface area (Å²) in [6.45, 7) is 5.38. The Labute approximate surface area is 156 Å². The molecule has 3 rings (SSSR count). The Morgan fingerprint density at radius 3 is 2.35 bits per heavy atom. The minimum atomic E-state index is -2.49. The minimum Gasteiger partial charge on any atom is -0.374 e. The van der Waals surface area contributed by atoms with Crippen LogP contribution in [0.4, 0.5) is 14.5 Å². The molecule has 1 aliphatic heterocycles. The van der Waals surface area contributed by atoms with Crippen LogP contribution in [0.2, 0.25) is 0 Å². The highest BCUT2D eigenvalue weighted by atomic mass is 19.3. The van der Waals surface area contributed by atoms with Crippen LogP contribution >= 0.6 is 0 Å². The van der Waals surface area contributed by atoms with Gasteiger partial charge in [0.15, 0.2) is 0 Å². The zero-order chi connectivity index (χ0) is 19.1. The predicted octanol–water partition coefficient (Wildman–Crippen LogP) is 5.99. The van der Waals surface area contributed by atoms with Gasteiger partial charge < -0.3 is 4.90 Å². The molecule has 0 aliphatic carbocycles. The van der Waals surface area contributed by atoms with Crippen molar-refractivity contribution in [2.75, 3.05) is 18.5 Å². The zero-order valence-electron chi connectivity index (χ0n) is 16.4. The molecule has 144 valence electrons. The van der Waals surface area contributed by atoms with E-state index in [9.17, 15) is 8.78 Å². The molecule has 0 amide bonds. The van der Waals surface area contributed by atoms with Crippen molar-refractivity contribution < 1.29 is 8.78 Å². The van der Waals surface area contributed by atoms with E-state index < -0.39 is 6.43 Å². The van der Waals surface area contributed by atoms with Crippen molar-refractivity contribution in [3.63, 3.8) is 0 Å². The number of halogens is 2. The molecule has 1 aromatic heterocycles. The average Bonchev–Trinajstić information content (AvgIpc) is 3.06. The van der Waals surface area contributed by atoms with E-state index in [1.807, 2.05) is 18.0 Å². The molecule has 0 saturated carbocycles. The number of hydrogen-bond donors (Lipinski definition) is 0. The van der Waals surface area contributed by atoms with Crippen LogP contribution in [-0.4, -0.2) is 23.4 Å². The molecular formula is C21H31F2N3. The fraction of sp³-hybridized carbons (Fsp3) is 0.571. The summed E-state index contributed by atoms with van der Waals surface area (Å²) in [7, 11) is 3.74. The van der Waals surface area contributed by atoms with Crippen molar-refractivity contribution >= 4 is 5.69 Å². The normalized spacial score (nSPS) is 13.4. The molecule has 0 N–H and O–H groups in total. The summed E-state index contributed by atoms with van der Waals surface area (Å²) in [5.74, 6) is 0. The summed E-state index contributed by atoms with van der Waals surface area (Å²) in [5.41, 5.74) is 3.28. The van der Waals surface area contributed by atoms with Crippen molar-refractivity contribution in [1.82, 2.24) is 9.78 Å². The van der Waals surface area contributed by atoms with Crippen LogP contribution in [0.15, 0.2) is 24.4 Å². The SMILES string of the molecule is CCCCCC.CN1CCCc2cc(-c3ccn(C)n3)c(C(F)F)cc21. The second-order valence-electron chi connectivity index (χ2n) is 6.98. The first-order valence-electron chi connectivity index (χ1n) is 9.64. The highest BCUT2D eigenvalue weighted by Crippen LogP contribution is 2.37. The second kappa shape index (κ2) is 9.70. The van der Waals surface area contributed by atoms with E-state index >= 15 is 0 Å². The fourth-order valence-corrected chi connectivity index (χ4v) is 3.29. The third-order valence-corrected chi connectivity index (χ3v) is 4.78. The number of aromatic nitrogens is 2. The van der Waals surface area contributed by atoms with Gasteiger partial charge in [0.1, 0.15) is 0 Å². The van der Waals surface area contributed by atoms with Gasteiger partial charge in [0.05, 0.1) is 5.69 Å². The number of benzene rings is 1. The lowest BCUT2D eigenvalue weighted by atomic mass is 9.94. The summed E-state index contributed by atoms with van der Waals surface area (Å²) in [6, 6.07) is 5.29. The van der Waals surface area contributed by atoms with Gasteiger partial charge in [0.2, 0.25) is 0 Å². The topological polar surface area (TPSA) is 21.1 Å². The number of nitrogens with zero attached hydrogens (tertiary/aromatic N) is 3. The van der Waals surface area contributed by atoms with Gasteiger partial charge in [-0.2, -0.15) is 5.10 Å². The van der Waals surface area contributed by atoms with Crippen molar-refractivity contribution in [3.05, 3.63) is 35.5 Å². The molecule has 1 aromatic carbocycles. The van der Waals surface area contributed by atoms with Crippen LogP contribution in [0.5, 0.6) is 0 Å². The third-order valence-electron chi connectivity index (χ3n) is 4.78. The van der Waals surface area contributed by atoms with E-state index in [4.69, 9.17) is 0 Å². The largest absolute Gasteiger partial charge is 0.374 e. The number of alkyl halides is 2. The maximum Gasteiger partial charge on any atom is 0.264 e. The second-order valence-corrected chi connectivity index (χ2v) is 6.98. The number of unbranched alkanes of at least 4 members (excludes halogenated alkanes) is 3. The Morgan fingerprint density at radius 1 is 1.12 bits per heavy atom. The molecule has 5 heteroatoms. The van der Waals surface area contributed by atoms with Gasteiger partial charge in [-0.1, -0.05) is 39.5 Å². The molecule has 26 heavy (non-hydrogen) atoms. The van der Waals surface area contributed by atoms with Crippen molar-refractivity contribution in [1.29, 1.82) is 0 Å². The Morgan fingerprint density at radius 2 is 1.81 bits per heavy atom. The number of hydrogen-bond acceptors (Lipinski definition) is 2. The van der Waals surface area contributed by atoms with Gasteiger partial charge in [-0.3, -0.25) is 4.68 Å². The predicted molar refractivity (Wildman–Crippen MR) is 105 cm³/mol. The Balaban J connectivity index is 0.000000352. The van der Waals surface area contributed by atoms with Crippen molar-refractivity contribution in [2.45, 2.75) is 58.8 Å². The van der Waals surface area contributed by atoms with Crippen LogP contribution in [0, 0.1) is 0 Å². The molecule has 0 fully saturated rings. The first kappa shape index (κ1) is 20.4. The highest BCUT2D eigenvalue weighted by Gasteiger charge is 2.22. The van der Waals surface area contributed by atoms with Crippen molar-refractivity contribution in [3.8, 4) is 11.3 Å². The van der Waals surface area contributed by atoms with Crippen LogP contribution in [0.1, 0.15) is 63.5 Å². The van der Waals surface area contributed by atoms with Gasteiger partial charge in [-0.05, 0) is 36.6 Å². The van der Waals surface area contributed by atoms with Gasteiger partial charge in [0, 0.05) is 43.7 Å². The highest BCUT2D eigenvalue weighted by molar-refractivity contribution is 5.71. The van der Waals surface area contributed by atoms with E-state index in [0.717, 1.165) is 30.6 Å².